The van der Waals surface area contributed by atoms with Crippen LogP contribution in [0, 0.1) is 24.1 Å². The monoisotopic (exact) mass is 313 g/mol. The van der Waals surface area contributed by atoms with Crippen molar-refractivity contribution in [3.05, 3.63) is 28.0 Å². The molecule has 0 aromatic heterocycles. The van der Waals surface area contributed by atoms with Crippen LogP contribution >= 0.6 is 15.9 Å². The van der Waals surface area contributed by atoms with Gasteiger partial charge in [0.05, 0.1) is 4.47 Å². The van der Waals surface area contributed by atoms with Crippen LogP contribution in [-0.2, 0) is 0 Å². The van der Waals surface area contributed by atoms with Gasteiger partial charge in [-0.05, 0) is 64.7 Å². The molecular formula is C15H21BrFN. The molecule has 0 radical (unpaired) electrons. The molecule has 1 fully saturated rings. The van der Waals surface area contributed by atoms with Gasteiger partial charge in [0.25, 0.3) is 0 Å². The lowest BCUT2D eigenvalue weighted by atomic mass is 9.91. The van der Waals surface area contributed by atoms with Crippen LogP contribution in [0.15, 0.2) is 16.6 Å². The highest BCUT2D eigenvalue weighted by Gasteiger charge is 2.36. The van der Waals surface area contributed by atoms with E-state index in [4.69, 9.17) is 0 Å². The first kappa shape index (κ1) is 13.9. The lowest BCUT2D eigenvalue weighted by Gasteiger charge is -2.21. The molecule has 100 valence electrons. The van der Waals surface area contributed by atoms with Gasteiger partial charge in [0, 0.05) is 11.7 Å². The summed E-state index contributed by atoms with van der Waals surface area (Å²) in [5, 5.41) is 3.59. The van der Waals surface area contributed by atoms with Gasteiger partial charge in [0.15, 0.2) is 0 Å². The first-order valence-electron chi connectivity index (χ1n) is 6.51. The minimum Gasteiger partial charge on any atom is -0.382 e. The van der Waals surface area contributed by atoms with Gasteiger partial charge < -0.3 is 5.32 Å². The maximum atomic E-state index is 13.4. The average molecular weight is 314 g/mol. The zero-order valence-corrected chi connectivity index (χ0v) is 13.1. The summed E-state index contributed by atoms with van der Waals surface area (Å²) in [6.07, 6.45) is 2.41. The largest absolute Gasteiger partial charge is 0.382 e. The summed E-state index contributed by atoms with van der Waals surface area (Å²) >= 11 is 3.25. The molecule has 0 amide bonds. The fourth-order valence-electron chi connectivity index (χ4n) is 3.09. The topological polar surface area (TPSA) is 12.0 Å². The third-order valence-corrected chi connectivity index (χ3v) is 4.55. The van der Waals surface area contributed by atoms with Crippen LogP contribution in [0.1, 0.15) is 39.2 Å². The molecule has 1 aliphatic carbocycles. The van der Waals surface area contributed by atoms with Crippen LogP contribution in [0.25, 0.3) is 0 Å². The third kappa shape index (κ3) is 2.87. The number of benzene rings is 1. The molecule has 1 saturated carbocycles. The summed E-state index contributed by atoms with van der Waals surface area (Å²) < 4.78 is 13.9. The first-order valence-corrected chi connectivity index (χ1v) is 7.30. The summed E-state index contributed by atoms with van der Waals surface area (Å²) in [5.41, 5.74) is 2.41. The van der Waals surface area contributed by atoms with Crippen molar-refractivity contribution >= 4 is 21.6 Å². The van der Waals surface area contributed by atoms with Crippen LogP contribution in [0.4, 0.5) is 10.1 Å². The van der Waals surface area contributed by atoms with E-state index in [0.717, 1.165) is 11.3 Å². The van der Waals surface area contributed by atoms with E-state index < -0.39 is 0 Å². The summed E-state index contributed by atoms with van der Waals surface area (Å²) in [7, 11) is 0. The van der Waals surface area contributed by atoms with Crippen molar-refractivity contribution in [2.24, 2.45) is 11.3 Å². The summed E-state index contributed by atoms with van der Waals surface area (Å²) in [6, 6.07) is 3.91. The minimum absolute atomic E-state index is 0.196. The Labute approximate surface area is 117 Å². The van der Waals surface area contributed by atoms with E-state index >= 15 is 0 Å². The van der Waals surface area contributed by atoms with Crippen LogP contribution in [0.5, 0.6) is 0 Å². The minimum atomic E-state index is -0.196. The molecule has 1 nitrogen and oxygen atoms in total. The second-order valence-corrected chi connectivity index (χ2v) is 7.24. The Morgan fingerprint density at radius 1 is 1.33 bits per heavy atom. The van der Waals surface area contributed by atoms with Crippen molar-refractivity contribution in [2.45, 2.75) is 46.6 Å². The Hall–Kier alpha value is -0.570. The fourth-order valence-corrected chi connectivity index (χ4v) is 3.43. The Morgan fingerprint density at radius 3 is 2.56 bits per heavy atom. The maximum Gasteiger partial charge on any atom is 0.137 e. The van der Waals surface area contributed by atoms with Crippen molar-refractivity contribution in [2.75, 3.05) is 5.32 Å². The van der Waals surface area contributed by atoms with Crippen molar-refractivity contribution in [1.82, 2.24) is 0 Å². The van der Waals surface area contributed by atoms with Gasteiger partial charge in [0.2, 0.25) is 0 Å². The fraction of sp³-hybridized carbons (Fsp3) is 0.600. The molecule has 1 N–H and O–H groups in total. The molecule has 0 bridgehead atoms. The molecule has 1 aromatic carbocycles. The van der Waals surface area contributed by atoms with E-state index in [-0.39, 0.29) is 5.82 Å². The number of hydrogen-bond acceptors (Lipinski definition) is 1. The van der Waals surface area contributed by atoms with E-state index in [1.807, 2.05) is 13.0 Å². The number of nitrogens with one attached hydrogen (secondary N) is 1. The molecule has 1 aliphatic rings. The smallest absolute Gasteiger partial charge is 0.137 e. The maximum absolute atomic E-state index is 13.4. The van der Waals surface area contributed by atoms with Crippen molar-refractivity contribution < 1.29 is 4.39 Å². The quantitative estimate of drug-likeness (QED) is 0.797. The second kappa shape index (κ2) is 4.84. The average Bonchev–Trinajstić information content (AvgIpc) is 2.48. The molecule has 2 atom stereocenters. The predicted molar refractivity (Wildman–Crippen MR) is 78.4 cm³/mol. The molecule has 2 unspecified atom stereocenters. The molecule has 0 aliphatic heterocycles. The number of hydrogen-bond donors (Lipinski definition) is 1. The highest BCUT2D eigenvalue weighted by atomic mass is 79.9. The first-order chi connectivity index (χ1) is 8.28. The molecule has 2 rings (SSSR count). The highest BCUT2D eigenvalue weighted by molar-refractivity contribution is 9.10. The lowest BCUT2D eigenvalue weighted by molar-refractivity contribution is 0.366. The molecule has 18 heavy (non-hydrogen) atoms. The van der Waals surface area contributed by atoms with Gasteiger partial charge in [-0.2, -0.15) is 0 Å². The highest BCUT2D eigenvalue weighted by Crippen LogP contribution is 2.42. The molecule has 3 heteroatoms. The Morgan fingerprint density at radius 2 is 2.00 bits per heavy atom. The van der Waals surface area contributed by atoms with Gasteiger partial charge in [-0.25, -0.2) is 4.39 Å². The number of aryl methyl sites for hydroxylation is 1. The van der Waals surface area contributed by atoms with E-state index in [1.54, 1.807) is 6.07 Å². The van der Waals surface area contributed by atoms with Crippen molar-refractivity contribution in [1.29, 1.82) is 0 Å². The van der Waals surface area contributed by atoms with E-state index in [0.29, 0.717) is 21.8 Å². The number of rotatable bonds is 2. The Balaban J connectivity index is 2.18. The zero-order chi connectivity index (χ0) is 13.5. The third-order valence-electron chi connectivity index (χ3n) is 3.94. The normalized spacial score (nSPS) is 26.3. The van der Waals surface area contributed by atoms with Crippen LogP contribution < -0.4 is 5.32 Å². The predicted octanol–water partition coefficient (Wildman–Crippen LogP) is 5.13. The summed E-state index contributed by atoms with van der Waals surface area (Å²) in [5.74, 6) is 0.459. The second-order valence-electron chi connectivity index (χ2n) is 6.38. The lowest BCUT2D eigenvalue weighted by Crippen LogP contribution is -2.23. The van der Waals surface area contributed by atoms with Crippen molar-refractivity contribution in [3.63, 3.8) is 0 Å². The van der Waals surface area contributed by atoms with Gasteiger partial charge in [-0.1, -0.05) is 20.8 Å². The van der Waals surface area contributed by atoms with Gasteiger partial charge in [0.1, 0.15) is 5.82 Å². The van der Waals surface area contributed by atoms with E-state index in [1.165, 1.54) is 12.8 Å². The van der Waals surface area contributed by atoms with Crippen LogP contribution in [0.3, 0.4) is 0 Å². The van der Waals surface area contributed by atoms with Crippen LogP contribution in [-0.4, -0.2) is 6.04 Å². The van der Waals surface area contributed by atoms with Gasteiger partial charge in [-0.15, -0.1) is 0 Å². The number of anilines is 1. The Kier molecular flexibility index (Phi) is 3.72. The SMILES string of the molecule is Cc1cc(F)c(Br)cc1NC1CC(C)(C)CC1C. The molecule has 1 aromatic rings. The molecule has 0 saturated heterocycles. The number of halogens is 2. The Bertz CT molecular complexity index is 456. The zero-order valence-electron chi connectivity index (χ0n) is 11.5. The standard InChI is InChI=1S/C15H21BrFN/c1-9-5-12(17)11(16)6-13(9)18-14-8-15(3,4)7-10(14)2/h5-6,10,14,18H,7-8H2,1-4H3. The van der Waals surface area contributed by atoms with Gasteiger partial charge >= 0.3 is 0 Å². The molecular weight excluding hydrogens is 293 g/mol. The molecule has 0 spiro atoms. The summed E-state index contributed by atoms with van der Waals surface area (Å²) in [6.45, 7) is 8.88. The summed E-state index contributed by atoms with van der Waals surface area (Å²) in [4.78, 5) is 0. The molecule has 0 heterocycles. The van der Waals surface area contributed by atoms with Gasteiger partial charge in [-0.3, -0.25) is 0 Å². The van der Waals surface area contributed by atoms with E-state index in [2.05, 4.69) is 42.0 Å². The van der Waals surface area contributed by atoms with E-state index in [9.17, 15) is 4.39 Å². The van der Waals surface area contributed by atoms with Crippen molar-refractivity contribution in [3.8, 4) is 0 Å². The van der Waals surface area contributed by atoms with Crippen LogP contribution in [0.2, 0.25) is 0 Å².